The van der Waals surface area contributed by atoms with Gasteiger partial charge in [0.15, 0.2) is 0 Å². The molecule has 0 bridgehead atoms. The van der Waals surface area contributed by atoms with Gasteiger partial charge in [0.1, 0.15) is 5.54 Å². The standard InChI is InChI=1S/C14H21N3/c1-14(16,12-15)9-6-10-17(2)11-13-7-4-3-5-8-13/h3-5,7-8H,6,9-11,16H2,1-2H3. The minimum atomic E-state index is -0.687. The van der Waals surface area contributed by atoms with Crippen LogP contribution < -0.4 is 5.73 Å². The quantitative estimate of drug-likeness (QED) is 0.816. The van der Waals surface area contributed by atoms with E-state index in [0.29, 0.717) is 0 Å². The lowest BCUT2D eigenvalue weighted by Gasteiger charge is -2.19. The van der Waals surface area contributed by atoms with Crippen molar-refractivity contribution in [2.45, 2.75) is 31.8 Å². The van der Waals surface area contributed by atoms with Gasteiger partial charge in [-0.25, -0.2) is 0 Å². The molecule has 0 aromatic heterocycles. The molecule has 0 fully saturated rings. The van der Waals surface area contributed by atoms with Crippen LogP contribution in [0.25, 0.3) is 0 Å². The summed E-state index contributed by atoms with van der Waals surface area (Å²) in [6.07, 6.45) is 1.69. The topological polar surface area (TPSA) is 53.0 Å². The second kappa shape index (κ2) is 6.39. The van der Waals surface area contributed by atoms with E-state index in [9.17, 15) is 0 Å². The summed E-state index contributed by atoms with van der Waals surface area (Å²) in [4.78, 5) is 2.25. The SMILES string of the molecule is CN(CCCC(C)(N)C#N)Cc1ccccc1. The van der Waals surface area contributed by atoms with E-state index in [1.54, 1.807) is 6.92 Å². The van der Waals surface area contributed by atoms with Gasteiger partial charge in [0, 0.05) is 6.54 Å². The van der Waals surface area contributed by atoms with Crippen molar-refractivity contribution in [1.29, 1.82) is 5.26 Å². The summed E-state index contributed by atoms with van der Waals surface area (Å²) >= 11 is 0. The molecular weight excluding hydrogens is 210 g/mol. The zero-order valence-corrected chi connectivity index (χ0v) is 10.7. The Kier molecular flexibility index (Phi) is 5.14. The molecule has 0 spiro atoms. The Morgan fingerprint density at radius 3 is 2.59 bits per heavy atom. The number of hydrogen-bond acceptors (Lipinski definition) is 3. The lowest BCUT2D eigenvalue weighted by atomic mass is 9.99. The zero-order chi connectivity index (χ0) is 12.7. The summed E-state index contributed by atoms with van der Waals surface area (Å²) in [7, 11) is 2.09. The number of nitriles is 1. The molecule has 0 aliphatic carbocycles. The Labute approximate surface area is 104 Å². The van der Waals surface area contributed by atoms with Crippen LogP contribution in [0, 0.1) is 11.3 Å². The monoisotopic (exact) mass is 231 g/mol. The molecule has 0 aliphatic rings. The van der Waals surface area contributed by atoms with Crippen LogP contribution in [-0.2, 0) is 6.54 Å². The van der Waals surface area contributed by atoms with Crippen LogP contribution in [0.1, 0.15) is 25.3 Å². The smallest absolute Gasteiger partial charge is 0.101 e. The molecule has 92 valence electrons. The lowest BCUT2D eigenvalue weighted by Crippen LogP contribution is -2.35. The Balaban J connectivity index is 2.27. The third-order valence-electron chi connectivity index (χ3n) is 2.79. The van der Waals surface area contributed by atoms with E-state index in [0.717, 1.165) is 25.9 Å². The van der Waals surface area contributed by atoms with Crippen LogP contribution in [0.2, 0.25) is 0 Å². The normalized spacial score (nSPS) is 14.3. The van der Waals surface area contributed by atoms with E-state index in [-0.39, 0.29) is 0 Å². The van der Waals surface area contributed by atoms with E-state index < -0.39 is 5.54 Å². The second-order valence-corrected chi connectivity index (χ2v) is 4.86. The fourth-order valence-electron chi connectivity index (χ4n) is 1.75. The first-order valence-electron chi connectivity index (χ1n) is 5.96. The maximum Gasteiger partial charge on any atom is 0.101 e. The average molecular weight is 231 g/mol. The minimum Gasteiger partial charge on any atom is -0.314 e. The van der Waals surface area contributed by atoms with Crippen LogP contribution in [0.4, 0.5) is 0 Å². The third-order valence-corrected chi connectivity index (χ3v) is 2.79. The first kappa shape index (κ1) is 13.7. The van der Waals surface area contributed by atoms with Crippen molar-refractivity contribution < 1.29 is 0 Å². The van der Waals surface area contributed by atoms with Crippen molar-refractivity contribution in [2.24, 2.45) is 5.73 Å². The molecule has 1 unspecified atom stereocenters. The van der Waals surface area contributed by atoms with Crippen molar-refractivity contribution in [3.05, 3.63) is 35.9 Å². The van der Waals surface area contributed by atoms with Gasteiger partial charge in [0.05, 0.1) is 6.07 Å². The van der Waals surface area contributed by atoms with Crippen molar-refractivity contribution in [2.75, 3.05) is 13.6 Å². The fourth-order valence-corrected chi connectivity index (χ4v) is 1.75. The van der Waals surface area contributed by atoms with Crippen molar-refractivity contribution in [3.63, 3.8) is 0 Å². The summed E-state index contributed by atoms with van der Waals surface area (Å²) in [6.45, 7) is 3.68. The number of rotatable bonds is 6. The molecule has 1 aromatic carbocycles. The molecule has 0 saturated heterocycles. The Morgan fingerprint density at radius 2 is 2.00 bits per heavy atom. The van der Waals surface area contributed by atoms with Gasteiger partial charge in [-0.15, -0.1) is 0 Å². The molecule has 0 amide bonds. The van der Waals surface area contributed by atoms with Gasteiger partial charge < -0.3 is 10.6 Å². The fraction of sp³-hybridized carbons (Fsp3) is 0.500. The summed E-state index contributed by atoms with van der Waals surface area (Å²) in [6, 6.07) is 12.5. The van der Waals surface area contributed by atoms with E-state index in [4.69, 9.17) is 11.0 Å². The van der Waals surface area contributed by atoms with Crippen LogP contribution in [-0.4, -0.2) is 24.0 Å². The molecule has 0 saturated carbocycles. The summed E-state index contributed by atoms with van der Waals surface area (Å²) in [5.74, 6) is 0. The first-order valence-corrected chi connectivity index (χ1v) is 5.96. The highest BCUT2D eigenvalue weighted by molar-refractivity contribution is 5.14. The summed E-state index contributed by atoms with van der Waals surface area (Å²) in [5.41, 5.74) is 6.40. The number of nitrogens with zero attached hydrogens (tertiary/aromatic N) is 2. The van der Waals surface area contributed by atoms with Gasteiger partial charge in [-0.2, -0.15) is 5.26 Å². The lowest BCUT2D eigenvalue weighted by molar-refractivity contribution is 0.309. The van der Waals surface area contributed by atoms with E-state index >= 15 is 0 Å². The number of nitrogens with two attached hydrogens (primary N) is 1. The van der Waals surface area contributed by atoms with Crippen LogP contribution in [0.3, 0.4) is 0 Å². The molecule has 0 radical (unpaired) electrons. The van der Waals surface area contributed by atoms with Gasteiger partial charge in [-0.3, -0.25) is 0 Å². The van der Waals surface area contributed by atoms with Crippen molar-refractivity contribution >= 4 is 0 Å². The first-order chi connectivity index (χ1) is 8.03. The van der Waals surface area contributed by atoms with Crippen LogP contribution >= 0.6 is 0 Å². The molecule has 3 heteroatoms. The summed E-state index contributed by atoms with van der Waals surface area (Å²) in [5, 5.41) is 8.81. The van der Waals surface area contributed by atoms with E-state index in [2.05, 4.69) is 42.3 Å². The van der Waals surface area contributed by atoms with Gasteiger partial charge in [-0.1, -0.05) is 30.3 Å². The molecule has 1 atom stereocenters. The predicted molar refractivity (Wildman–Crippen MR) is 70.2 cm³/mol. The highest BCUT2D eigenvalue weighted by atomic mass is 15.1. The van der Waals surface area contributed by atoms with Gasteiger partial charge in [0.25, 0.3) is 0 Å². The molecule has 0 aliphatic heterocycles. The zero-order valence-electron chi connectivity index (χ0n) is 10.7. The molecule has 1 aromatic rings. The van der Waals surface area contributed by atoms with Gasteiger partial charge in [0.2, 0.25) is 0 Å². The maximum atomic E-state index is 8.81. The molecule has 17 heavy (non-hydrogen) atoms. The largest absolute Gasteiger partial charge is 0.314 e. The van der Waals surface area contributed by atoms with Crippen LogP contribution in [0.5, 0.6) is 0 Å². The van der Waals surface area contributed by atoms with E-state index in [1.807, 2.05) is 6.07 Å². The Morgan fingerprint density at radius 1 is 1.35 bits per heavy atom. The Bertz CT molecular complexity index is 365. The number of benzene rings is 1. The molecule has 1 rings (SSSR count). The molecule has 2 N–H and O–H groups in total. The molecular formula is C14H21N3. The second-order valence-electron chi connectivity index (χ2n) is 4.86. The van der Waals surface area contributed by atoms with Crippen molar-refractivity contribution in [3.8, 4) is 6.07 Å². The van der Waals surface area contributed by atoms with E-state index in [1.165, 1.54) is 5.56 Å². The predicted octanol–water partition coefficient (Wildman–Crippen LogP) is 2.14. The highest BCUT2D eigenvalue weighted by Crippen LogP contribution is 2.09. The molecule has 3 nitrogen and oxygen atoms in total. The Hall–Kier alpha value is -1.37. The summed E-state index contributed by atoms with van der Waals surface area (Å²) < 4.78 is 0. The number of hydrogen-bond donors (Lipinski definition) is 1. The third kappa shape index (κ3) is 5.48. The van der Waals surface area contributed by atoms with Gasteiger partial charge in [-0.05, 0) is 38.9 Å². The minimum absolute atomic E-state index is 0.687. The van der Waals surface area contributed by atoms with Gasteiger partial charge >= 0.3 is 0 Å². The highest BCUT2D eigenvalue weighted by Gasteiger charge is 2.16. The molecule has 0 heterocycles. The average Bonchev–Trinajstić information content (AvgIpc) is 2.30. The maximum absolute atomic E-state index is 8.81. The van der Waals surface area contributed by atoms with Crippen molar-refractivity contribution in [1.82, 2.24) is 4.90 Å². The van der Waals surface area contributed by atoms with Crippen LogP contribution in [0.15, 0.2) is 30.3 Å².